The summed E-state index contributed by atoms with van der Waals surface area (Å²) in [5.41, 5.74) is 0.307. The van der Waals surface area contributed by atoms with Crippen molar-refractivity contribution in [1.29, 1.82) is 0 Å². The molecule has 0 unspecified atom stereocenters. The highest BCUT2D eigenvalue weighted by Gasteiger charge is 2.24. The second-order valence-corrected chi connectivity index (χ2v) is 6.53. The minimum absolute atomic E-state index is 0.0900. The maximum Gasteiger partial charge on any atom is 0.340 e. The van der Waals surface area contributed by atoms with E-state index in [9.17, 15) is 9.59 Å². The fraction of sp³-hybridized carbons (Fsp3) is 0.571. The van der Waals surface area contributed by atoms with Crippen LogP contribution in [0.4, 0.5) is 9.80 Å². The summed E-state index contributed by atoms with van der Waals surface area (Å²) in [5.74, 6) is -0.442. The van der Waals surface area contributed by atoms with Crippen LogP contribution in [0.1, 0.15) is 49.4 Å². The van der Waals surface area contributed by atoms with Gasteiger partial charge in [-0.05, 0) is 17.9 Å². The van der Waals surface area contributed by atoms with Gasteiger partial charge in [-0.3, -0.25) is 5.32 Å². The Hall–Kier alpha value is -1.56. The highest BCUT2D eigenvalue weighted by Crippen LogP contribution is 2.36. The molecule has 0 aliphatic heterocycles. The lowest BCUT2D eigenvalue weighted by molar-refractivity contribution is 0.0602. The van der Waals surface area contributed by atoms with Crippen LogP contribution in [-0.4, -0.2) is 25.7 Å². The van der Waals surface area contributed by atoms with Crippen LogP contribution in [-0.2, 0) is 10.2 Å². The number of amides is 2. The number of rotatable bonds is 4. The summed E-state index contributed by atoms with van der Waals surface area (Å²) in [5, 5.41) is 5.96. The second kappa shape index (κ2) is 6.74. The monoisotopic (exact) mass is 298 g/mol. The van der Waals surface area contributed by atoms with E-state index in [0.717, 1.165) is 11.3 Å². The van der Waals surface area contributed by atoms with Crippen molar-refractivity contribution in [3.8, 4) is 0 Å². The number of anilines is 1. The Morgan fingerprint density at radius 1 is 1.35 bits per heavy atom. The number of carbonyl (C=O) groups is 2. The molecular formula is C14H22N2O3S. The number of methoxy groups -OCH3 is 1. The summed E-state index contributed by atoms with van der Waals surface area (Å²) < 4.78 is 4.76. The first kappa shape index (κ1) is 16.5. The predicted molar refractivity (Wildman–Crippen MR) is 81.7 cm³/mol. The SMILES string of the molecule is CCCNC(=O)Nc1sc(C(C)(C)C)cc1C(=O)OC. The van der Waals surface area contributed by atoms with E-state index in [2.05, 4.69) is 31.4 Å². The largest absolute Gasteiger partial charge is 0.465 e. The molecule has 1 rings (SSSR count). The summed E-state index contributed by atoms with van der Waals surface area (Å²) in [6.07, 6.45) is 0.856. The Bertz CT molecular complexity index is 489. The van der Waals surface area contributed by atoms with Gasteiger partial charge in [-0.15, -0.1) is 11.3 Å². The average Bonchev–Trinajstić information content (AvgIpc) is 2.79. The lowest BCUT2D eigenvalue weighted by Crippen LogP contribution is -2.29. The number of ether oxygens (including phenoxy) is 1. The van der Waals surface area contributed by atoms with E-state index in [0.29, 0.717) is 17.1 Å². The van der Waals surface area contributed by atoms with E-state index in [1.165, 1.54) is 18.4 Å². The average molecular weight is 298 g/mol. The second-order valence-electron chi connectivity index (χ2n) is 5.48. The Balaban J connectivity index is 3.01. The smallest absolute Gasteiger partial charge is 0.340 e. The van der Waals surface area contributed by atoms with Gasteiger partial charge >= 0.3 is 12.0 Å². The van der Waals surface area contributed by atoms with Gasteiger partial charge in [-0.2, -0.15) is 0 Å². The van der Waals surface area contributed by atoms with Gasteiger partial charge in [0, 0.05) is 11.4 Å². The fourth-order valence-electron chi connectivity index (χ4n) is 1.50. The topological polar surface area (TPSA) is 67.4 Å². The predicted octanol–water partition coefficient (Wildman–Crippen LogP) is 3.36. The van der Waals surface area contributed by atoms with Crippen LogP contribution in [0, 0.1) is 0 Å². The quantitative estimate of drug-likeness (QED) is 0.838. The van der Waals surface area contributed by atoms with Gasteiger partial charge in [0.25, 0.3) is 0 Å². The molecular weight excluding hydrogens is 276 g/mol. The molecule has 0 spiro atoms. The standard InChI is InChI=1S/C14H22N2O3S/c1-6-7-15-13(18)16-11-9(12(17)19-5)8-10(20-11)14(2,3)4/h8H,6-7H2,1-5H3,(H2,15,16,18). The number of carbonyl (C=O) groups excluding carboxylic acids is 2. The number of hydrogen-bond donors (Lipinski definition) is 2. The zero-order valence-corrected chi connectivity index (χ0v) is 13.4. The van der Waals surface area contributed by atoms with Crippen molar-refractivity contribution in [2.24, 2.45) is 0 Å². The number of thiophene rings is 1. The molecule has 0 aliphatic rings. The number of urea groups is 1. The minimum atomic E-state index is -0.442. The zero-order valence-electron chi connectivity index (χ0n) is 12.6. The molecule has 0 saturated carbocycles. The summed E-state index contributed by atoms with van der Waals surface area (Å²) in [4.78, 5) is 24.5. The Morgan fingerprint density at radius 2 is 2.00 bits per heavy atom. The molecule has 20 heavy (non-hydrogen) atoms. The molecule has 0 radical (unpaired) electrons. The maximum absolute atomic E-state index is 11.8. The third-order valence-electron chi connectivity index (χ3n) is 2.64. The number of hydrogen-bond acceptors (Lipinski definition) is 4. The molecule has 0 atom stereocenters. The van der Waals surface area contributed by atoms with E-state index in [-0.39, 0.29) is 11.4 Å². The van der Waals surface area contributed by atoms with Crippen molar-refractivity contribution < 1.29 is 14.3 Å². The summed E-state index contributed by atoms with van der Waals surface area (Å²) in [7, 11) is 1.33. The Kier molecular flexibility index (Phi) is 5.56. The van der Waals surface area contributed by atoms with E-state index >= 15 is 0 Å². The van der Waals surface area contributed by atoms with Crippen molar-refractivity contribution >= 4 is 28.3 Å². The lowest BCUT2D eigenvalue weighted by atomic mass is 9.94. The molecule has 1 aromatic heterocycles. The highest BCUT2D eigenvalue weighted by atomic mass is 32.1. The van der Waals surface area contributed by atoms with Crippen LogP contribution < -0.4 is 10.6 Å². The van der Waals surface area contributed by atoms with Gasteiger partial charge in [-0.25, -0.2) is 9.59 Å². The third-order valence-corrected chi connectivity index (χ3v) is 4.12. The van der Waals surface area contributed by atoms with Gasteiger partial charge in [0.05, 0.1) is 12.7 Å². The van der Waals surface area contributed by atoms with E-state index in [1.54, 1.807) is 6.07 Å². The molecule has 2 amide bonds. The van der Waals surface area contributed by atoms with Crippen molar-refractivity contribution in [2.45, 2.75) is 39.5 Å². The van der Waals surface area contributed by atoms with Crippen LogP contribution >= 0.6 is 11.3 Å². The minimum Gasteiger partial charge on any atom is -0.465 e. The zero-order chi connectivity index (χ0) is 15.3. The van der Waals surface area contributed by atoms with Crippen LogP contribution in [0.2, 0.25) is 0 Å². The molecule has 0 aromatic carbocycles. The summed E-state index contributed by atoms with van der Waals surface area (Å²) >= 11 is 1.40. The lowest BCUT2D eigenvalue weighted by Gasteiger charge is -2.15. The molecule has 112 valence electrons. The number of nitrogens with one attached hydrogen (secondary N) is 2. The summed E-state index contributed by atoms with van der Waals surface area (Å²) in [6, 6.07) is 1.48. The summed E-state index contributed by atoms with van der Waals surface area (Å²) in [6.45, 7) is 8.74. The molecule has 1 heterocycles. The van der Waals surface area contributed by atoms with Crippen molar-refractivity contribution in [3.63, 3.8) is 0 Å². The maximum atomic E-state index is 11.8. The van der Waals surface area contributed by atoms with Crippen LogP contribution in [0.15, 0.2) is 6.07 Å². The van der Waals surface area contributed by atoms with Crippen LogP contribution in [0.25, 0.3) is 0 Å². The highest BCUT2D eigenvalue weighted by molar-refractivity contribution is 7.16. The van der Waals surface area contributed by atoms with Crippen LogP contribution in [0.5, 0.6) is 0 Å². The fourth-order valence-corrected chi connectivity index (χ4v) is 2.60. The molecule has 0 aliphatic carbocycles. The molecule has 0 fully saturated rings. The Labute approximate surface area is 123 Å². The third kappa shape index (κ3) is 4.23. The van der Waals surface area contributed by atoms with Gasteiger partial charge in [0.2, 0.25) is 0 Å². The van der Waals surface area contributed by atoms with E-state index in [1.807, 2.05) is 6.92 Å². The molecule has 0 saturated heterocycles. The van der Waals surface area contributed by atoms with Gasteiger partial charge in [0.1, 0.15) is 5.00 Å². The van der Waals surface area contributed by atoms with Crippen molar-refractivity contribution in [1.82, 2.24) is 5.32 Å². The van der Waals surface area contributed by atoms with Gasteiger partial charge in [-0.1, -0.05) is 27.7 Å². The molecule has 2 N–H and O–H groups in total. The molecule has 1 aromatic rings. The van der Waals surface area contributed by atoms with Crippen LogP contribution in [0.3, 0.4) is 0 Å². The van der Waals surface area contributed by atoms with Gasteiger partial charge < -0.3 is 10.1 Å². The van der Waals surface area contributed by atoms with E-state index < -0.39 is 5.97 Å². The van der Waals surface area contributed by atoms with Crippen molar-refractivity contribution in [3.05, 3.63) is 16.5 Å². The first-order valence-electron chi connectivity index (χ1n) is 6.57. The molecule has 6 heteroatoms. The first-order valence-corrected chi connectivity index (χ1v) is 7.38. The van der Waals surface area contributed by atoms with E-state index in [4.69, 9.17) is 4.74 Å². The van der Waals surface area contributed by atoms with Gasteiger partial charge in [0.15, 0.2) is 0 Å². The molecule has 5 nitrogen and oxygen atoms in total. The Morgan fingerprint density at radius 3 is 2.50 bits per heavy atom. The first-order chi connectivity index (χ1) is 9.29. The normalized spacial score (nSPS) is 11.1. The number of esters is 1. The van der Waals surface area contributed by atoms with Crippen molar-refractivity contribution in [2.75, 3.05) is 19.0 Å². The molecule has 0 bridgehead atoms.